The minimum atomic E-state index is -1.06. The summed E-state index contributed by atoms with van der Waals surface area (Å²) in [4.78, 5) is 23.6. The van der Waals surface area contributed by atoms with Gasteiger partial charge in [-0.2, -0.15) is 0 Å². The minimum absolute atomic E-state index is 0.0809. The van der Waals surface area contributed by atoms with Crippen LogP contribution in [0, 0.1) is 6.92 Å². The number of urea groups is 1. The molecule has 4 rings (SSSR count). The molecule has 3 N–H and O–H groups in total. The first-order valence-corrected chi connectivity index (χ1v) is 8.84. The number of fused-ring (bicyclic) bond motifs is 1. The number of carboxylic acids is 1. The first-order valence-electron chi connectivity index (χ1n) is 8.84. The number of aromatic nitrogens is 3. The van der Waals surface area contributed by atoms with Crippen LogP contribution in [0.3, 0.4) is 0 Å². The third-order valence-electron chi connectivity index (χ3n) is 4.46. The second kappa shape index (κ2) is 7.43. The van der Waals surface area contributed by atoms with Gasteiger partial charge in [0.2, 0.25) is 0 Å². The summed E-state index contributed by atoms with van der Waals surface area (Å²) in [5.74, 6) is -0.548. The average Bonchev–Trinajstić information content (AvgIpc) is 3.14. The number of carbonyl (C=O) groups is 2. The highest BCUT2D eigenvalue weighted by Gasteiger charge is 2.15. The highest BCUT2D eigenvalue weighted by atomic mass is 16.4. The molecule has 0 aliphatic heterocycles. The zero-order chi connectivity index (χ0) is 20.4. The van der Waals surface area contributed by atoms with Gasteiger partial charge in [-0.1, -0.05) is 18.2 Å². The third-order valence-corrected chi connectivity index (χ3v) is 4.46. The summed E-state index contributed by atoms with van der Waals surface area (Å²) in [7, 11) is 0. The zero-order valence-electron chi connectivity index (χ0n) is 15.5. The van der Waals surface area contributed by atoms with Crippen molar-refractivity contribution in [3.8, 4) is 11.4 Å². The molecule has 29 heavy (non-hydrogen) atoms. The summed E-state index contributed by atoms with van der Waals surface area (Å²) in [6.07, 6.45) is 1.71. The molecule has 0 spiro atoms. The van der Waals surface area contributed by atoms with E-state index in [1.54, 1.807) is 40.9 Å². The Bertz CT molecular complexity index is 1210. The fourth-order valence-corrected chi connectivity index (χ4v) is 2.98. The first kappa shape index (κ1) is 18.2. The summed E-state index contributed by atoms with van der Waals surface area (Å²) in [5.41, 5.74) is 3.42. The van der Waals surface area contributed by atoms with Gasteiger partial charge in [0, 0.05) is 23.1 Å². The summed E-state index contributed by atoms with van der Waals surface area (Å²) in [6, 6.07) is 17.4. The Labute approximate surface area is 165 Å². The van der Waals surface area contributed by atoms with Crippen molar-refractivity contribution in [2.24, 2.45) is 0 Å². The van der Waals surface area contributed by atoms with E-state index in [0.29, 0.717) is 11.5 Å². The number of aryl methyl sites for hydroxylation is 1. The SMILES string of the molecule is Cc1ccccc1NC(=O)Nc1ccc(-c2nnc3c(C(=O)O)cccn23)cc1. The summed E-state index contributed by atoms with van der Waals surface area (Å²) in [5, 5.41) is 23.0. The van der Waals surface area contributed by atoms with Crippen LogP contribution in [-0.4, -0.2) is 31.7 Å². The molecule has 0 atom stereocenters. The molecule has 8 heteroatoms. The van der Waals surface area contributed by atoms with E-state index in [-0.39, 0.29) is 17.2 Å². The fraction of sp³-hybridized carbons (Fsp3) is 0.0476. The number of hydrogen-bond acceptors (Lipinski definition) is 4. The van der Waals surface area contributed by atoms with Gasteiger partial charge >= 0.3 is 12.0 Å². The third kappa shape index (κ3) is 3.63. The number of aromatic carboxylic acids is 1. The maximum absolute atomic E-state index is 12.2. The maximum atomic E-state index is 12.2. The Morgan fingerprint density at radius 2 is 1.69 bits per heavy atom. The quantitative estimate of drug-likeness (QED) is 0.490. The van der Waals surface area contributed by atoms with Crippen LogP contribution in [0.15, 0.2) is 66.9 Å². The van der Waals surface area contributed by atoms with E-state index in [4.69, 9.17) is 0 Å². The number of nitrogens with zero attached hydrogens (tertiary/aromatic N) is 3. The van der Waals surface area contributed by atoms with E-state index < -0.39 is 5.97 Å². The monoisotopic (exact) mass is 387 g/mol. The van der Waals surface area contributed by atoms with Crippen LogP contribution in [0.1, 0.15) is 15.9 Å². The molecule has 0 saturated carbocycles. The average molecular weight is 387 g/mol. The van der Waals surface area contributed by atoms with Crippen LogP contribution in [-0.2, 0) is 0 Å². The Morgan fingerprint density at radius 1 is 0.931 bits per heavy atom. The lowest BCUT2D eigenvalue weighted by Crippen LogP contribution is -2.19. The van der Waals surface area contributed by atoms with Crippen molar-refractivity contribution in [2.45, 2.75) is 6.92 Å². The van der Waals surface area contributed by atoms with Crippen LogP contribution < -0.4 is 10.6 Å². The second-order valence-corrected chi connectivity index (χ2v) is 6.42. The first-order chi connectivity index (χ1) is 14.0. The van der Waals surface area contributed by atoms with E-state index in [0.717, 1.165) is 16.8 Å². The predicted octanol–water partition coefficient (Wildman–Crippen LogP) is 4.05. The van der Waals surface area contributed by atoms with E-state index in [9.17, 15) is 14.7 Å². The molecule has 2 aromatic heterocycles. The van der Waals surface area contributed by atoms with Crippen molar-refractivity contribution in [3.63, 3.8) is 0 Å². The molecule has 8 nitrogen and oxygen atoms in total. The van der Waals surface area contributed by atoms with Gasteiger partial charge in [-0.15, -0.1) is 10.2 Å². The molecule has 0 radical (unpaired) electrons. The van der Waals surface area contributed by atoms with E-state index in [1.807, 2.05) is 31.2 Å². The normalized spacial score (nSPS) is 10.7. The number of para-hydroxylation sites is 1. The van der Waals surface area contributed by atoms with E-state index in [2.05, 4.69) is 20.8 Å². The molecular weight excluding hydrogens is 370 g/mol. The van der Waals surface area contributed by atoms with Gasteiger partial charge in [0.15, 0.2) is 11.5 Å². The predicted molar refractivity (Wildman–Crippen MR) is 109 cm³/mol. The van der Waals surface area contributed by atoms with E-state index in [1.165, 1.54) is 6.07 Å². The Balaban J connectivity index is 1.53. The van der Waals surface area contributed by atoms with Gasteiger partial charge in [0.1, 0.15) is 5.56 Å². The maximum Gasteiger partial charge on any atom is 0.339 e. The molecule has 0 unspecified atom stereocenters. The van der Waals surface area contributed by atoms with Crippen LogP contribution in [0.25, 0.3) is 17.0 Å². The van der Waals surface area contributed by atoms with Crippen molar-refractivity contribution >= 4 is 29.0 Å². The lowest BCUT2D eigenvalue weighted by molar-refractivity contribution is 0.0698. The molecule has 4 aromatic rings. The van der Waals surface area contributed by atoms with E-state index >= 15 is 0 Å². The number of carboxylic acid groups (broad SMARTS) is 1. The van der Waals surface area contributed by atoms with Crippen LogP contribution >= 0.6 is 0 Å². The number of nitrogens with one attached hydrogen (secondary N) is 2. The van der Waals surface area contributed by atoms with Gasteiger partial charge in [-0.3, -0.25) is 4.40 Å². The highest BCUT2D eigenvalue weighted by Crippen LogP contribution is 2.22. The minimum Gasteiger partial charge on any atom is -0.478 e. The fourth-order valence-electron chi connectivity index (χ4n) is 2.98. The number of amides is 2. The Morgan fingerprint density at radius 3 is 2.41 bits per heavy atom. The molecule has 0 fully saturated rings. The second-order valence-electron chi connectivity index (χ2n) is 6.42. The van der Waals surface area contributed by atoms with Crippen molar-refractivity contribution in [3.05, 3.63) is 78.0 Å². The van der Waals surface area contributed by atoms with Crippen molar-refractivity contribution in [1.82, 2.24) is 14.6 Å². The van der Waals surface area contributed by atoms with Gasteiger partial charge < -0.3 is 15.7 Å². The van der Waals surface area contributed by atoms with Crippen LogP contribution in [0.4, 0.5) is 16.2 Å². The lowest BCUT2D eigenvalue weighted by atomic mass is 10.2. The highest BCUT2D eigenvalue weighted by molar-refractivity contribution is 6.00. The molecule has 0 bridgehead atoms. The number of rotatable bonds is 4. The Hall–Kier alpha value is -4.20. The summed E-state index contributed by atoms with van der Waals surface area (Å²) < 4.78 is 1.62. The number of hydrogen-bond donors (Lipinski definition) is 3. The van der Waals surface area contributed by atoms with Gasteiger partial charge in [0.25, 0.3) is 0 Å². The van der Waals surface area contributed by atoms with Gasteiger partial charge in [0.05, 0.1) is 0 Å². The smallest absolute Gasteiger partial charge is 0.339 e. The number of carbonyl (C=O) groups excluding carboxylic acids is 1. The number of benzene rings is 2. The number of anilines is 2. The van der Waals surface area contributed by atoms with Crippen molar-refractivity contribution in [1.29, 1.82) is 0 Å². The molecule has 2 aromatic carbocycles. The molecule has 0 aliphatic rings. The summed E-state index contributed by atoms with van der Waals surface area (Å²) in [6.45, 7) is 1.92. The molecule has 144 valence electrons. The van der Waals surface area contributed by atoms with Crippen molar-refractivity contribution in [2.75, 3.05) is 10.6 Å². The molecule has 2 heterocycles. The molecule has 2 amide bonds. The molecular formula is C21H17N5O3. The topological polar surface area (TPSA) is 109 Å². The number of pyridine rings is 1. The standard InChI is InChI=1S/C21H17N5O3/c1-13-5-2-3-7-17(13)23-21(29)22-15-10-8-14(9-11-15)18-24-25-19-16(20(27)28)6-4-12-26(18)19/h2-12H,1H3,(H,27,28)(H2,22,23,29). The van der Waals surface area contributed by atoms with Gasteiger partial charge in [-0.25, -0.2) is 9.59 Å². The zero-order valence-corrected chi connectivity index (χ0v) is 15.5. The Kier molecular flexibility index (Phi) is 4.66. The van der Waals surface area contributed by atoms with Crippen LogP contribution in [0.2, 0.25) is 0 Å². The summed E-state index contributed by atoms with van der Waals surface area (Å²) >= 11 is 0. The largest absolute Gasteiger partial charge is 0.478 e. The van der Waals surface area contributed by atoms with Crippen LogP contribution in [0.5, 0.6) is 0 Å². The van der Waals surface area contributed by atoms with Crippen molar-refractivity contribution < 1.29 is 14.7 Å². The van der Waals surface area contributed by atoms with Gasteiger partial charge in [-0.05, 0) is 55.0 Å². The lowest BCUT2D eigenvalue weighted by Gasteiger charge is -2.10. The molecule has 0 aliphatic carbocycles. The molecule has 0 saturated heterocycles.